The van der Waals surface area contributed by atoms with Crippen LogP contribution >= 0.6 is 0 Å². The average Bonchev–Trinajstić information content (AvgIpc) is 1.88. The predicted octanol–water partition coefficient (Wildman–Crippen LogP) is 0.111. The van der Waals surface area contributed by atoms with Crippen LogP contribution in [0.15, 0.2) is 0 Å². The molecule has 0 amide bonds. The molecule has 0 aromatic rings. The molecule has 0 bridgehead atoms. The molecule has 0 saturated heterocycles. The molecule has 0 radical (unpaired) electrons. The molecule has 10 heavy (non-hydrogen) atoms. The zero-order valence-electron chi connectivity index (χ0n) is 5.99. The van der Waals surface area contributed by atoms with Gasteiger partial charge in [0.05, 0.1) is 0 Å². The predicted molar refractivity (Wildman–Crippen MR) is 33.2 cm³/mol. The number of hydrogen-bond donors (Lipinski definition) is 0. The summed E-state index contributed by atoms with van der Waals surface area (Å²) in [5.74, 6) is -0.902. The lowest BCUT2D eigenvalue weighted by Gasteiger charge is -2.09. The van der Waals surface area contributed by atoms with Crippen LogP contribution in [-0.2, 0) is 19.1 Å². The van der Waals surface area contributed by atoms with Gasteiger partial charge in [-0.2, -0.15) is 0 Å². The van der Waals surface area contributed by atoms with Gasteiger partial charge in [-0.1, -0.05) is 0 Å². The highest BCUT2D eigenvalue weighted by Gasteiger charge is 2.05. The minimum absolute atomic E-state index is 0.107. The maximum atomic E-state index is 10.2. The molecule has 0 N–H and O–H groups in total. The lowest BCUT2D eigenvalue weighted by molar-refractivity contribution is -0.174. The Bertz CT molecular complexity index is 121. The molecule has 4 nitrogen and oxygen atoms in total. The summed E-state index contributed by atoms with van der Waals surface area (Å²) in [7, 11) is 0. The van der Waals surface area contributed by atoms with E-state index in [-0.39, 0.29) is 6.29 Å². The number of carbonyl (C=O) groups excluding carboxylic acids is 2. The summed E-state index contributed by atoms with van der Waals surface area (Å²) in [4.78, 5) is 19.9. The number of rotatable bonds is 4. The van der Waals surface area contributed by atoms with Crippen molar-refractivity contribution in [2.45, 2.75) is 20.1 Å². The number of carbonyl (C=O) groups is 2. The second-order valence-electron chi connectivity index (χ2n) is 1.58. The standard InChI is InChI=1S/C6H10O4/c1-3-9-5(2)10-6(8)4-7/h4-5H,3H2,1-2H3. The molecule has 0 rings (SSSR count). The second kappa shape index (κ2) is 4.93. The van der Waals surface area contributed by atoms with Gasteiger partial charge in [0.25, 0.3) is 0 Å². The van der Waals surface area contributed by atoms with E-state index in [0.29, 0.717) is 6.61 Å². The molecule has 4 heteroatoms. The Labute approximate surface area is 59.1 Å². The second-order valence-corrected chi connectivity index (χ2v) is 1.58. The number of esters is 1. The Kier molecular flexibility index (Phi) is 4.49. The fourth-order valence-corrected chi connectivity index (χ4v) is 0.460. The maximum Gasteiger partial charge on any atom is 0.373 e. The molecule has 0 aliphatic rings. The lowest BCUT2D eigenvalue weighted by atomic mass is 10.7. The Hall–Kier alpha value is -0.900. The van der Waals surface area contributed by atoms with Gasteiger partial charge >= 0.3 is 5.97 Å². The lowest BCUT2D eigenvalue weighted by Crippen LogP contribution is -2.18. The summed E-state index contributed by atoms with van der Waals surface area (Å²) < 4.78 is 9.22. The molecule has 0 fully saturated rings. The van der Waals surface area contributed by atoms with Crippen LogP contribution in [0.25, 0.3) is 0 Å². The van der Waals surface area contributed by atoms with E-state index < -0.39 is 12.3 Å². The van der Waals surface area contributed by atoms with Gasteiger partial charge in [0.2, 0.25) is 12.6 Å². The van der Waals surface area contributed by atoms with Crippen molar-refractivity contribution in [1.82, 2.24) is 0 Å². The Morgan fingerprint density at radius 2 is 2.30 bits per heavy atom. The molecule has 0 spiro atoms. The Morgan fingerprint density at radius 3 is 2.70 bits per heavy atom. The molecule has 0 aliphatic heterocycles. The third kappa shape index (κ3) is 4.03. The number of ether oxygens (including phenoxy) is 2. The first-order valence-corrected chi connectivity index (χ1v) is 2.98. The first kappa shape index (κ1) is 9.10. The normalized spacial score (nSPS) is 12.2. The SMILES string of the molecule is CCOC(C)OC(=O)C=O. The fraction of sp³-hybridized carbons (Fsp3) is 0.667. The van der Waals surface area contributed by atoms with E-state index in [1.165, 1.54) is 0 Å². The van der Waals surface area contributed by atoms with Gasteiger partial charge in [0.15, 0.2) is 0 Å². The van der Waals surface area contributed by atoms with E-state index >= 15 is 0 Å². The zero-order chi connectivity index (χ0) is 7.98. The van der Waals surface area contributed by atoms with Crippen LogP contribution in [0.5, 0.6) is 0 Å². The molecule has 0 saturated carbocycles. The highest BCUT2D eigenvalue weighted by Crippen LogP contribution is 1.91. The molecule has 0 heterocycles. The molecular formula is C6H10O4. The van der Waals surface area contributed by atoms with E-state index in [0.717, 1.165) is 0 Å². The van der Waals surface area contributed by atoms with Crippen LogP contribution in [0.1, 0.15) is 13.8 Å². The van der Waals surface area contributed by atoms with Crippen molar-refractivity contribution in [1.29, 1.82) is 0 Å². The highest BCUT2D eigenvalue weighted by molar-refractivity contribution is 6.20. The van der Waals surface area contributed by atoms with Crippen LogP contribution in [0.2, 0.25) is 0 Å². The van der Waals surface area contributed by atoms with Crippen LogP contribution < -0.4 is 0 Å². The molecule has 0 aliphatic carbocycles. The van der Waals surface area contributed by atoms with Gasteiger partial charge in [0.1, 0.15) is 0 Å². The quantitative estimate of drug-likeness (QED) is 0.244. The van der Waals surface area contributed by atoms with Gasteiger partial charge in [-0.25, -0.2) is 4.79 Å². The molecule has 0 aromatic heterocycles. The number of aldehydes is 1. The van der Waals surface area contributed by atoms with E-state index in [4.69, 9.17) is 4.74 Å². The maximum absolute atomic E-state index is 10.2. The summed E-state index contributed by atoms with van der Waals surface area (Å²) in [6.07, 6.45) is -0.530. The first-order chi connectivity index (χ1) is 4.70. The van der Waals surface area contributed by atoms with E-state index in [2.05, 4.69) is 4.74 Å². The monoisotopic (exact) mass is 146 g/mol. The average molecular weight is 146 g/mol. The minimum Gasteiger partial charge on any atom is -0.431 e. The summed E-state index contributed by atoms with van der Waals surface area (Å²) in [5, 5.41) is 0. The van der Waals surface area contributed by atoms with Crippen LogP contribution in [0, 0.1) is 0 Å². The van der Waals surface area contributed by atoms with Crippen LogP contribution in [0.4, 0.5) is 0 Å². The van der Waals surface area contributed by atoms with Crippen molar-refractivity contribution in [3.05, 3.63) is 0 Å². The summed E-state index contributed by atoms with van der Waals surface area (Å²) in [6, 6.07) is 0. The van der Waals surface area contributed by atoms with Crippen molar-refractivity contribution in [3.8, 4) is 0 Å². The molecular weight excluding hydrogens is 136 g/mol. The number of hydrogen-bond acceptors (Lipinski definition) is 4. The smallest absolute Gasteiger partial charge is 0.373 e. The van der Waals surface area contributed by atoms with Gasteiger partial charge in [-0.05, 0) is 13.8 Å². The Balaban J connectivity index is 3.46. The van der Waals surface area contributed by atoms with Crippen molar-refractivity contribution in [2.24, 2.45) is 0 Å². The zero-order valence-corrected chi connectivity index (χ0v) is 5.99. The molecule has 0 aromatic carbocycles. The Morgan fingerprint density at radius 1 is 1.70 bits per heavy atom. The van der Waals surface area contributed by atoms with E-state index in [1.54, 1.807) is 13.8 Å². The van der Waals surface area contributed by atoms with Gasteiger partial charge in [-0.15, -0.1) is 0 Å². The summed E-state index contributed by atoms with van der Waals surface area (Å²) in [6.45, 7) is 3.77. The third-order valence-electron chi connectivity index (χ3n) is 0.780. The molecule has 1 unspecified atom stereocenters. The van der Waals surface area contributed by atoms with Gasteiger partial charge < -0.3 is 9.47 Å². The van der Waals surface area contributed by atoms with Crippen LogP contribution in [-0.4, -0.2) is 25.2 Å². The first-order valence-electron chi connectivity index (χ1n) is 2.98. The van der Waals surface area contributed by atoms with E-state index in [9.17, 15) is 9.59 Å². The summed E-state index contributed by atoms with van der Waals surface area (Å²) >= 11 is 0. The fourth-order valence-electron chi connectivity index (χ4n) is 0.460. The van der Waals surface area contributed by atoms with Crippen molar-refractivity contribution in [2.75, 3.05) is 6.61 Å². The van der Waals surface area contributed by atoms with Crippen molar-refractivity contribution in [3.63, 3.8) is 0 Å². The highest BCUT2D eigenvalue weighted by atomic mass is 16.7. The van der Waals surface area contributed by atoms with Gasteiger partial charge in [0, 0.05) is 6.61 Å². The molecule has 1 atom stereocenters. The minimum atomic E-state index is -0.902. The van der Waals surface area contributed by atoms with Crippen LogP contribution in [0.3, 0.4) is 0 Å². The van der Waals surface area contributed by atoms with Gasteiger partial charge in [-0.3, -0.25) is 4.79 Å². The molecule has 58 valence electrons. The van der Waals surface area contributed by atoms with Crippen molar-refractivity contribution < 1.29 is 19.1 Å². The van der Waals surface area contributed by atoms with Crippen molar-refractivity contribution >= 4 is 12.3 Å². The summed E-state index contributed by atoms with van der Waals surface area (Å²) in [5.41, 5.74) is 0. The van der Waals surface area contributed by atoms with E-state index in [1.807, 2.05) is 0 Å². The third-order valence-corrected chi connectivity index (χ3v) is 0.780. The largest absolute Gasteiger partial charge is 0.431 e. The topological polar surface area (TPSA) is 52.6 Å².